The molecule has 1 fully saturated rings. The highest BCUT2D eigenvalue weighted by Gasteiger charge is 2.36. The van der Waals surface area contributed by atoms with Crippen molar-refractivity contribution in [2.75, 3.05) is 26.2 Å². The zero-order valence-electron chi connectivity index (χ0n) is 16.5. The van der Waals surface area contributed by atoms with Gasteiger partial charge in [0.25, 0.3) is 0 Å². The lowest BCUT2D eigenvalue weighted by Gasteiger charge is -2.40. The van der Waals surface area contributed by atoms with Gasteiger partial charge in [-0.3, -0.25) is 4.79 Å². The SMILES string of the molecule is COc1ccc(CN2C(=O)[C@@H](CSC)CCC2c2ccc(Cl)cc2)c(OC)c1. The number of ether oxygens (including phenoxy) is 2. The number of hydrogen-bond donors (Lipinski definition) is 0. The minimum absolute atomic E-state index is 0.0367. The van der Waals surface area contributed by atoms with Crippen LogP contribution in [0.15, 0.2) is 42.5 Å². The lowest BCUT2D eigenvalue weighted by atomic mass is 9.88. The van der Waals surface area contributed by atoms with E-state index in [-0.39, 0.29) is 17.9 Å². The van der Waals surface area contributed by atoms with Crippen molar-refractivity contribution in [3.05, 3.63) is 58.6 Å². The number of nitrogens with zero attached hydrogens (tertiary/aromatic N) is 1. The van der Waals surface area contributed by atoms with E-state index in [1.165, 1.54) is 0 Å². The number of hydrogen-bond acceptors (Lipinski definition) is 4. The van der Waals surface area contributed by atoms with Crippen LogP contribution in [0, 0.1) is 5.92 Å². The van der Waals surface area contributed by atoms with Crippen LogP contribution in [0.4, 0.5) is 0 Å². The van der Waals surface area contributed by atoms with Crippen molar-refractivity contribution in [1.82, 2.24) is 4.90 Å². The number of rotatable bonds is 7. The van der Waals surface area contributed by atoms with Crippen LogP contribution in [0.3, 0.4) is 0 Å². The molecule has 1 aliphatic rings. The summed E-state index contributed by atoms with van der Waals surface area (Å²) < 4.78 is 10.9. The quantitative estimate of drug-likeness (QED) is 0.618. The van der Waals surface area contributed by atoms with Crippen LogP contribution in [0.1, 0.15) is 30.0 Å². The van der Waals surface area contributed by atoms with Gasteiger partial charge in [-0.15, -0.1) is 0 Å². The second-order valence-corrected chi connectivity index (χ2v) is 8.29. The fraction of sp³-hybridized carbons (Fsp3) is 0.409. The summed E-state index contributed by atoms with van der Waals surface area (Å²) in [6.45, 7) is 0.504. The molecule has 6 heteroatoms. The van der Waals surface area contributed by atoms with Gasteiger partial charge in [0.05, 0.1) is 20.3 Å². The number of thioether (sulfide) groups is 1. The zero-order chi connectivity index (χ0) is 20.1. The number of carbonyl (C=O) groups is 1. The molecule has 0 aliphatic carbocycles. The van der Waals surface area contributed by atoms with E-state index in [0.29, 0.717) is 11.6 Å². The molecule has 2 aromatic rings. The highest BCUT2D eigenvalue weighted by Crippen LogP contribution is 2.38. The van der Waals surface area contributed by atoms with E-state index in [1.807, 2.05) is 47.4 Å². The van der Waals surface area contributed by atoms with Crippen LogP contribution in [0.5, 0.6) is 11.5 Å². The first kappa shape index (κ1) is 20.9. The van der Waals surface area contributed by atoms with Gasteiger partial charge in [0, 0.05) is 34.9 Å². The predicted octanol–water partition coefficient (Wildman–Crippen LogP) is 5.20. The van der Waals surface area contributed by atoms with Gasteiger partial charge < -0.3 is 14.4 Å². The molecule has 1 unspecified atom stereocenters. The third kappa shape index (κ3) is 4.58. The summed E-state index contributed by atoms with van der Waals surface area (Å²) in [6, 6.07) is 13.6. The summed E-state index contributed by atoms with van der Waals surface area (Å²) in [5, 5.41) is 0.703. The van der Waals surface area contributed by atoms with Gasteiger partial charge in [-0.1, -0.05) is 23.7 Å². The third-order valence-electron chi connectivity index (χ3n) is 5.25. The molecule has 1 aliphatic heterocycles. The number of halogens is 1. The van der Waals surface area contributed by atoms with E-state index < -0.39 is 0 Å². The first-order chi connectivity index (χ1) is 13.6. The zero-order valence-corrected chi connectivity index (χ0v) is 18.1. The second kappa shape index (κ2) is 9.57. The normalized spacial score (nSPS) is 19.6. The Morgan fingerprint density at radius 2 is 1.86 bits per heavy atom. The Labute approximate surface area is 176 Å². The number of amides is 1. The van der Waals surface area contributed by atoms with Gasteiger partial charge >= 0.3 is 0 Å². The molecular formula is C22H26ClNO3S. The predicted molar refractivity (Wildman–Crippen MR) is 115 cm³/mol. The summed E-state index contributed by atoms with van der Waals surface area (Å²) in [6.07, 6.45) is 3.90. The lowest BCUT2D eigenvalue weighted by Crippen LogP contribution is -2.43. The van der Waals surface area contributed by atoms with E-state index >= 15 is 0 Å². The molecular weight excluding hydrogens is 394 g/mol. The molecule has 2 aromatic carbocycles. The maximum Gasteiger partial charge on any atom is 0.227 e. The average molecular weight is 420 g/mol. The highest BCUT2D eigenvalue weighted by molar-refractivity contribution is 7.98. The molecule has 0 aromatic heterocycles. The van der Waals surface area contributed by atoms with Gasteiger partial charge in [-0.25, -0.2) is 0 Å². The Morgan fingerprint density at radius 3 is 2.50 bits per heavy atom. The van der Waals surface area contributed by atoms with Crippen molar-refractivity contribution in [1.29, 1.82) is 0 Å². The maximum atomic E-state index is 13.3. The van der Waals surface area contributed by atoms with E-state index in [4.69, 9.17) is 21.1 Å². The van der Waals surface area contributed by atoms with Crippen molar-refractivity contribution in [3.63, 3.8) is 0 Å². The molecule has 1 amide bonds. The molecule has 28 heavy (non-hydrogen) atoms. The Morgan fingerprint density at radius 1 is 1.11 bits per heavy atom. The molecule has 0 saturated carbocycles. The molecule has 2 atom stereocenters. The summed E-state index contributed by atoms with van der Waals surface area (Å²) in [4.78, 5) is 15.3. The summed E-state index contributed by atoms with van der Waals surface area (Å²) in [5.74, 6) is 2.58. The third-order valence-corrected chi connectivity index (χ3v) is 6.24. The molecule has 4 nitrogen and oxygen atoms in total. The monoisotopic (exact) mass is 419 g/mol. The molecule has 3 rings (SSSR count). The van der Waals surface area contributed by atoms with Gasteiger partial charge in [0.15, 0.2) is 0 Å². The minimum atomic E-state index is 0.0367. The Balaban J connectivity index is 1.93. The first-order valence-corrected chi connectivity index (χ1v) is 11.1. The molecule has 1 saturated heterocycles. The minimum Gasteiger partial charge on any atom is -0.497 e. The number of carbonyl (C=O) groups excluding carboxylic acids is 1. The largest absolute Gasteiger partial charge is 0.497 e. The van der Waals surface area contributed by atoms with Crippen molar-refractivity contribution in [3.8, 4) is 11.5 Å². The van der Waals surface area contributed by atoms with E-state index in [9.17, 15) is 4.79 Å². The molecule has 0 spiro atoms. The lowest BCUT2D eigenvalue weighted by molar-refractivity contribution is -0.142. The molecule has 0 radical (unpaired) electrons. The molecule has 150 valence electrons. The van der Waals surface area contributed by atoms with Crippen LogP contribution in [-0.2, 0) is 11.3 Å². The molecule has 1 heterocycles. The number of piperidine rings is 1. The summed E-state index contributed by atoms with van der Waals surface area (Å²) in [7, 11) is 3.27. The smallest absolute Gasteiger partial charge is 0.227 e. The van der Waals surface area contributed by atoms with E-state index in [1.54, 1.807) is 26.0 Å². The number of benzene rings is 2. The van der Waals surface area contributed by atoms with Crippen LogP contribution in [0.2, 0.25) is 5.02 Å². The van der Waals surface area contributed by atoms with Crippen molar-refractivity contribution in [2.24, 2.45) is 5.92 Å². The van der Waals surface area contributed by atoms with Crippen LogP contribution < -0.4 is 9.47 Å². The van der Waals surface area contributed by atoms with Crippen molar-refractivity contribution in [2.45, 2.75) is 25.4 Å². The fourth-order valence-electron chi connectivity index (χ4n) is 3.77. The van der Waals surface area contributed by atoms with E-state index in [2.05, 4.69) is 6.26 Å². The van der Waals surface area contributed by atoms with Gasteiger partial charge in [-0.05, 0) is 48.9 Å². The van der Waals surface area contributed by atoms with Gasteiger partial charge in [0.1, 0.15) is 11.5 Å². The Hall–Kier alpha value is -1.85. The standard InChI is InChI=1S/C22H26ClNO3S/c1-26-19-10-6-16(21(12-19)27-2)13-24-20(15-4-8-18(23)9-5-15)11-7-17(14-28-3)22(24)25/h4-6,8-10,12,17,20H,7,11,13-14H2,1-3H3/t17-,20?/m1/s1. The fourth-order valence-corrected chi connectivity index (χ4v) is 4.61. The van der Waals surface area contributed by atoms with Gasteiger partial charge in [-0.2, -0.15) is 11.8 Å². The second-order valence-electron chi connectivity index (χ2n) is 6.94. The van der Waals surface area contributed by atoms with Crippen molar-refractivity contribution < 1.29 is 14.3 Å². The summed E-state index contributed by atoms with van der Waals surface area (Å²) in [5.41, 5.74) is 2.09. The molecule has 0 bridgehead atoms. The maximum absolute atomic E-state index is 13.3. The highest BCUT2D eigenvalue weighted by atomic mass is 35.5. The van der Waals surface area contributed by atoms with Crippen LogP contribution in [0.25, 0.3) is 0 Å². The Bertz CT molecular complexity index is 812. The topological polar surface area (TPSA) is 38.8 Å². The Kier molecular flexibility index (Phi) is 7.13. The van der Waals surface area contributed by atoms with Crippen molar-refractivity contribution >= 4 is 29.3 Å². The number of methoxy groups -OCH3 is 2. The first-order valence-electron chi connectivity index (χ1n) is 9.33. The van der Waals surface area contributed by atoms with Crippen LogP contribution >= 0.6 is 23.4 Å². The van der Waals surface area contributed by atoms with E-state index in [0.717, 1.165) is 41.2 Å². The molecule has 0 N–H and O–H groups in total. The van der Waals surface area contributed by atoms with Gasteiger partial charge in [0.2, 0.25) is 5.91 Å². The average Bonchev–Trinajstić information content (AvgIpc) is 2.72. The van der Waals surface area contributed by atoms with Crippen LogP contribution in [-0.4, -0.2) is 37.0 Å². The summed E-state index contributed by atoms with van der Waals surface area (Å²) >= 11 is 7.79. The number of likely N-dealkylation sites (tertiary alicyclic amines) is 1.